The van der Waals surface area contributed by atoms with Gasteiger partial charge in [0.1, 0.15) is 11.6 Å². The highest BCUT2D eigenvalue weighted by Gasteiger charge is 2.35. The summed E-state index contributed by atoms with van der Waals surface area (Å²) in [4.78, 5) is 30.3. The van der Waals surface area contributed by atoms with Crippen LogP contribution in [0.5, 0.6) is 0 Å². The summed E-state index contributed by atoms with van der Waals surface area (Å²) >= 11 is 6.24. The predicted molar refractivity (Wildman–Crippen MR) is 133 cm³/mol. The molecule has 1 saturated heterocycles. The fourth-order valence-corrected chi connectivity index (χ4v) is 4.03. The number of hydrogen-bond donors (Lipinski definition) is 2. The van der Waals surface area contributed by atoms with Gasteiger partial charge in [-0.25, -0.2) is 9.07 Å². The Bertz CT molecular complexity index is 1440. The van der Waals surface area contributed by atoms with E-state index in [-0.39, 0.29) is 27.7 Å². The molecule has 2 aromatic heterocycles. The van der Waals surface area contributed by atoms with E-state index < -0.39 is 23.2 Å². The molecule has 3 heterocycles. The zero-order valence-electron chi connectivity index (χ0n) is 19.2. The first-order chi connectivity index (χ1) is 17.3. The van der Waals surface area contributed by atoms with Crippen LogP contribution in [0, 0.1) is 5.82 Å². The van der Waals surface area contributed by atoms with E-state index in [0.29, 0.717) is 24.6 Å². The Balaban J connectivity index is 1.49. The third-order valence-corrected chi connectivity index (χ3v) is 6.00. The summed E-state index contributed by atoms with van der Waals surface area (Å²) in [5, 5.41) is 10.0. The number of para-hydroxylation sites is 1. The number of halogens is 2. The van der Waals surface area contributed by atoms with Crippen LogP contribution in [0.1, 0.15) is 27.8 Å². The SMILES string of the molecule is CC1(NC(=O)c2cc(NC(=O)c3cc(-c4ccccn4)c(F)cc3Cl)n(-c3ccccc3)n2)COC1. The molecule has 2 amide bonds. The maximum atomic E-state index is 14.6. The topological polar surface area (TPSA) is 98.1 Å². The standard InChI is InChI=1S/C26H21ClFN5O3/c1-26(14-36-15-26)31-25(35)22-13-23(33(32-22)16-7-3-2-4-8-16)30-24(34)17-11-18(20(28)12-19(17)27)21-9-5-6-10-29-21/h2-13H,14-15H2,1H3,(H,30,34)(H,31,35). The zero-order chi connectivity index (χ0) is 25.3. The molecular weight excluding hydrogens is 485 g/mol. The van der Waals surface area contributed by atoms with Crippen LogP contribution in [-0.2, 0) is 4.74 Å². The summed E-state index contributed by atoms with van der Waals surface area (Å²) in [6.07, 6.45) is 1.53. The van der Waals surface area contributed by atoms with Crippen molar-refractivity contribution in [1.29, 1.82) is 0 Å². The number of nitrogens with zero attached hydrogens (tertiary/aromatic N) is 3. The molecule has 182 valence electrons. The number of pyridine rings is 1. The lowest BCUT2D eigenvalue weighted by Gasteiger charge is -2.38. The molecule has 5 rings (SSSR count). The van der Waals surface area contributed by atoms with Crippen LogP contribution in [0.2, 0.25) is 5.02 Å². The molecule has 36 heavy (non-hydrogen) atoms. The van der Waals surface area contributed by atoms with Crippen LogP contribution in [-0.4, -0.2) is 45.3 Å². The van der Waals surface area contributed by atoms with Crippen LogP contribution in [0.3, 0.4) is 0 Å². The van der Waals surface area contributed by atoms with E-state index in [1.807, 2.05) is 25.1 Å². The van der Waals surface area contributed by atoms with Gasteiger partial charge < -0.3 is 15.4 Å². The molecule has 1 fully saturated rings. The van der Waals surface area contributed by atoms with Crippen molar-refractivity contribution in [1.82, 2.24) is 20.1 Å². The molecule has 1 aliphatic rings. The van der Waals surface area contributed by atoms with Crippen molar-refractivity contribution in [2.75, 3.05) is 18.5 Å². The Hall–Kier alpha value is -4.08. The maximum Gasteiger partial charge on any atom is 0.272 e. The van der Waals surface area contributed by atoms with E-state index in [1.165, 1.54) is 23.0 Å². The second-order valence-electron chi connectivity index (χ2n) is 8.65. The molecule has 0 saturated carbocycles. The Labute approximate surface area is 211 Å². The molecular formula is C26H21ClFN5O3. The number of carbonyl (C=O) groups is 2. The molecule has 0 radical (unpaired) electrons. The number of aromatic nitrogens is 3. The van der Waals surface area contributed by atoms with E-state index in [1.54, 1.807) is 30.3 Å². The van der Waals surface area contributed by atoms with Gasteiger partial charge in [0.15, 0.2) is 5.69 Å². The molecule has 8 nitrogen and oxygen atoms in total. The summed E-state index contributed by atoms with van der Waals surface area (Å²) in [5.41, 5.74) is 0.816. The highest BCUT2D eigenvalue weighted by atomic mass is 35.5. The lowest BCUT2D eigenvalue weighted by molar-refractivity contribution is -0.0594. The van der Waals surface area contributed by atoms with E-state index in [2.05, 4.69) is 20.7 Å². The number of rotatable bonds is 6. The van der Waals surface area contributed by atoms with E-state index in [0.717, 1.165) is 6.07 Å². The highest BCUT2D eigenvalue weighted by molar-refractivity contribution is 6.34. The number of hydrogen-bond acceptors (Lipinski definition) is 5. The predicted octanol–water partition coefficient (Wildman–Crippen LogP) is 4.50. The van der Waals surface area contributed by atoms with Gasteiger partial charge >= 0.3 is 0 Å². The minimum Gasteiger partial charge on any atom is -0.376 e. The zero-order valence-corrected chi connectivity index (χ0v) is 19.9. The van der Waals surface area contributed by atoms with Crippen molar-refractivity contribution in [2.45, 2.75) is 12.5 Å². The minimum atomic E-state index is -0.600. The van der Waals surface area contributed by atoms with Gasteiger partial charge in [-0.2, -0.15) is 5.10 Å². The van der Waals surface area contributed by atoms with Crippen molar-refractivity contribution >= 4 is 29.2 Å². The van der Waals surface area contributed by atoms with Crippen LogP contribution in [0.4, 0.5) is 10.2 Å². The van der Waals surface area contributed by atoms with Gasteiger partial charge in [-0.05, 0) is 43.3 Å². The Morgan fingerprint density at radius 1 is 1.06 bits per heavy atom. The van der Waals surface area contributed by atoms with Crippen molar-refractivity contribution in [3.63, 3.8) is 0 Å². The van der Waals surface area contributed by atoms with E-state index in [4.69, 9.17) is 16.3 Å². The van der Waals surface area contributed by atoms with Crippen molar-refractivity contribution < 1.29 is 18.7 Å². The summed E-state index contributed by atoms with van der Waals surface area (Å²) in [7, 11) is 0. The van der Waals surface area contributed by atoms with Gasteiger partial charge in [-0.1, -0.05) is 35.9 Å². The minimum absolute atomic E-state index is 0.0460. The molecule has 0 aliphatic carbocycles. The first kappa shape index (κ1) is 23.7. The van der Waals surface area contributed by atoms with Gasteiger partial charge in [-0.3, -0.25) is 14.6 Å². The lowest BCUT2D eigenvalue weighted by atomic mass is 10.0. The smallest absolute Gasteiger partial charge is 0.272 e. The van der Waals surface area contributed by atoms with E-state index >= 15 is 0 Å². The average molecular weight is 506 g/mol. The number of amides is 2. The number of benzene rings is 2. The number of carbonyl (C=O) groups excluding carboxylic acids is 2. The number of ether oxygens (including phenoxy) is 1. The molecule has 1 aliphatic heterocycles. The van der Waals surface area contributed by atoms with E-state index in [9.17, 15) is 14.0 Å². The molecule has 0 unspecified atom stereocenters. The second-order valence-corrected chi connectivity index (χ2v) is 9.06. The third-order valence-electron chi connectivity index (χ3n) is 5.68. The van der Waals surface area contributed by atoms with Crippen LogP contribution < -0.4 is 10.6 Å². The number of anilines is 1. The van der Waals surface area contributed by atoms with Gasteiger partial charge in [0.25, 0.3) is 11.8 Å². The van der Waals surface area contributed by atoms with Gasteiger partial charge in [-0.15, -0.1) is 0 Å². The quantitative estimate of drug-likeness (QED) is 0.402. The molecule has 10 heteroatoms. The fraction of sp³-hybridized carbons (Fsp3) is 0.154. The van der Waals surface area contributed by atoms with Crippen LogP contribution in [0.25, 0.3) is 16.9 Å². The fourth-order valence-electron chi connectivity index (χ4n) is 3.79. The maximum absolute atomic E-state index is 14.6. The second kappa shape index (κ2) is 9.52. The molecule has 4 aromatic rings. The molecule has 0 spiro atoms. The van der Waals surface area contributed by atoms with Gasteiger partial charge in [0, 0.05) is 17.8 Å². The summed E-state index contributed by atoms with van der Waals surface area (Å²) in [5.74, 6) is -1.35. The summed E-state index contributed by atoms with van der Waals surface area (Å²) in [6, 6.07) is 18.0. The average Bonchev–Trinajstić information content (AvgIpc) is 3.28. The molecule has 0 atom stereocenters. The normalized spacial score (nSPS) is 14.1. The lowest BCUT2D eigenvalue weighted by Crippen LogP contribution is -2.59. The first-order valence-electron chi connectivity index (χ1n) is 11.1. The molecule has 0 bridgehead atoms. The third kappa shape index (κ3) is 4.71. The van der Waals surface area contributed by atoms with Crippen LogP contribution >= 0.6 is 11.6 Å². The van der Waals surface area contributed by atoms with Crippen molar-refractivity contribution in [3.8, 4) is 16.9 Å². The van der Waals surface area contributed by atoms with Gasteiger partial charge in [0.05, 0.1) is 40.7 Å². The summed E-state index contributed by atoms with van der Waals surface area (Å²) < 4.78 is 21.3. The Morgan fingerprint density at radius 3 is 2.47 bits per heavy atom. The first-order valence-corrected chi connectivity index (χ1v) is 11.5. The van der Waals surface area contributed by atoms with Crippen molar-refractivity contribution in [2.24, 2.45) is 0 Å². The van der Waals surface area contributed by atoms with Gasteiger partial charge in [0.2, 0.25) is 0 Å². The van der Waals surface area contributed by atoms with Crippen LogP contribution in [0.15, 0.2) is 72.9 Å². The largest absolute Gasteiger partial charge is 0.376 e. The molecule has 2 N–H and O–H groups in total. The monoisotopic (exact) mass is 505 g/mol. The number of nitrogens with one attached hydrogen (secondary N) is 2. The van der Waals surface area contributed by atoms with Crippen molar-refractivity contribution in [3.05, 3.63) is 95.0 Å². The Morgan fingerprint density at radius 2 is 1.81 bits per heavy atom. The summed E-state index contributed by atoms with van der Waals surface area (Å²) in [6.45, 7) is 2.69. The Kier molecular flexibility index (Phi) is 6.26. The highest BCUT2D eigenvalue weighted by Crippen LogP contribution is 2.29. The molecule has 2 aromatic carbocycles.